The number of likely N-dealkylation sites (tertiary alicyclic amines) is 1. The molecule has 1 saturated heterocycles. The fourth-order valence-electron chi connectivity index (χ4n) is 4.30. The van der Waals surface area contributed by atoms with E-state index in [4.69, 9.17) is 0 Å². The van der Waals surface area contributed by atoms with Gasteiger partial charge in [0.1, 0.15) is 0 Å². The van der Waals surface area contributed by atoms with E-state index in [1.807, 2.05) is 61.5 Å². The van der Waals surface area contributed by atoms with E-state index in [2.05, 4.69) is 15.2 Å². The van der Waals surface area contributed by atoms with Gasteiger partial charge < -0.3 is 4.90 Å². The van der Waals surface area contributed by atoms with Gasteiger partial charge in [-0.05, 0) is 30.7 Å². The van der Waals surface area contributed by atoms with Gasteiger partial charge in [0.25, 0.3) is 0 Å². The summed E-state index contributed by atoms with van der Waals surface area (Å²) in [7, 11) is 1.69. The van der Waals surface area contributed by atoms with Crippen molar-refractivity contribution < 1.29 is 14.4 Å². The Morgan fingerprint density at radius 2 is 1.88 bits per heavy atom. The summed E-state index contributed by atoms with van der Waals surface area (Å²) in [6.45, 7) is 2.45. The number of pyridine rings is 1. The third-order valence-corrected chi connectivity index (χ3v) is 6.09. The second kappa shape index (κ2) is 9.36. The van der Waals surface area contributed by atoms with E-state index in [1.165, 1.54) is 4.90 Å². The largest absolute Gasteiger partial charge is 0.340 e. The molecule has 1 aliphatic heterocycles. The molecule has 3 aromatic rings. The molecular formula is C25H27N5O3. The Labute approximate surface area is 192 Å². The lowest BCUT2D eigenvalue weighted by molar-refractivity contribution is -0.142. The highest BCUT2D eigenvalue weighted by molar-refractivity contribution is 6.10. The summed E-state index contributed by atoms with van der Waals surface area (Å²) >= 11 is 0. The number of H-pyrrole nitrogens is 1. The molecule has 1 aliphatic rings. The van der Waals surface area contributed by atoms with Crippen LogP contribution >= 0.6 is 0 Å². The third kappa shape index (κ3) is 4.69. The first-order chi connectivity index (χ1) is 15.9. The highest BCUT2D eigenvalue weighted by Crippen LogP contribution is 2.40. The van der Waals surface area contributed by atoms with Crippen molar-refractivity contribution in [2.75, 3.05) is 13.6 Å². The molecule has 33 heavy (non-hydrogen) atoms. The quantitative estimate of drug-likeness (QED) is 0.537. The van der Waals surface area contributed by atoms with Gasteiger partial charge in [0, 0.05) is 50.4 Å². The molecule has 1 atom stereocenters. The van der Waals surface area contributed by atoms with E-state index in [-0.39, 0.29) is 37.1 Å². The molecule has 8 nitrogen and oxygen atoms in total. The molecule has 0 spiro atoms. The lowest BCUT2D eigenvalue weighted by Crippen LogP contribution is -2.43. The molecule has 0 radical (unpaired) electrons. The van der Waals surface area contributed by atoms with Crippen LogP contribution in [0.2, 0.25) is 0 Å². The van der Waals surface area contributed by atoms with Crippen molar-refractivity contribution >= 4 is 17.7 Å². The SMILES string of the molecule is Cc1cc(CN(C)C(=O)C[C@@]2(c3ccccc3)CC(=O)N(CCc3ccccn3)C2=O)n[nH]1. The van der Waals surface area contributed by atoms with E-state index in [1.54, 1.807) is 18.1 Å². The monoisotopic (exact) mass is 445 g/mol. The van der Waals surface area contributed by atoms with E-state index in [9.17, 15) is 14.4 Å². The molecule has 3 heterocycles. The third-order valence-electron chi connectivity index (χ3n) is 6.09. The summed E-state index contributed by atoms with van der Waals surface area (Å²) in [5.41, 5.74) is 1.92. The zero-order chi connectivity index (χ0) is 23.4. The Morgan fingerprint density at radius 1 is 1.12 bits per heavy atom. The maximum Gasteiger partial charge on any atom is 0.240 e. The van der Waals surface area contributed by atoms with E-state index < -0.39 is 5.41 Å². The van der Waals surface area contributed by atoms with Crippen LogP contribution in [0.4, 0.5) is 0 Å². The first-order valence-electron chi connectivity index (χ1n) is 10.9. The number of aryl methyl sites for hydroxylation is 1. The van der Waals surface area contributed by atoms with Crippen molar-refractivity contribution in [2.45, 2.75) is 38.1 Å². The highest BCUT2D eigenvalue weighted by Gasteiger charge is 2.53. The summed E-state index contributed by atoms with van der Waals surface area (Å²) in [6.07, 6.45) is 2.04. The van der Waals surface area contributed by atoms with Crippen LogP contribution in [0.3, 0.4) is 0 Å². The van der Waals surface area contributed by atoms with E-state index >= 15 is 0 Å². The van der Waals surface area contributed by atoms with Crippen molar-refractivity contribution in [2.24, 2.45) is 0 Å². The molecule has 1 fully saturated rings. The predicted octanol–water partition coefficient (Wildman–Crippen LogP) is 2.40. The summed E-state index contributed by atoms with van der Waals surface area (Å²) < 4.78 is 0. The van der Waals surface area contributed by atoms with Crippen LogP contribution in [0, 0.1) is 6.92 Å². The fourth-order valence-corrected chi connectivity index (χ4v) is 4.30. The number of hydrogen-bond donors (Lipinski definition) is 1. The number of nitrogens with one attached hydrogen (secondary N) is 1. The van der Waals surface area contributed by atoms with Gasteiger partial charge >= 0.3 is 0 Å². The van der Waals surface area contributed by atoms with Crippen molar-refractivity contribution in [3.8, 4) is 0 Å². The summed E-state index contributed by atoms with van der Waals surface area (Å²) in [5, 5.41) is 7.05. The molecular weight excluding hydrogens is 418 g/mol. The van der Waals surface area contributed by atoms with Crippen LogP contribution in [-0.4, -0.2) is 56.3 Å². The van der Waals surface area contributed by atoms with E-state index in [0.29, 0.717) is 18.5 Å². The Morgan fingerprint density at radius 3 is 2.55 bits per heavy atom. The topological polar surface area (TPSA) is 99.3 Å². The summed E-state index contributed by atoms with van der Waals surface area (Å²) in [5.74, 6) is -0.808. The molecule has 4 rings (SSSR count). The van der Waals surface area contributed by atoms with Crippen LogP contribution in [0.15, 0.2) is 60.8 Å². The molecule has 0 aliphatic carbocycles. The molecule has 1 N–H and O–H groups in total. The van der Waals surface area contributed by atoms with Crippen LogP contribution in [-0.2, 0) is 32.8 Å². The van der Waals surface area contributed by atoms with Gasteiger partial charge in [0.2, 0.25) is 17.7 Å². The number of carbonyl (C=O) groups is 3. The number of aromatic amines is 1. The number of benzene rings is 1. The molecule has 170 valence electrons. The number of carbonyl (C=O) groups excluding carboxylic acids is 3. The number of imide groups is 1. The minimum Gasteiger partial charge on any atom is -0.340 e. The van der Waals surface area contributed by atoms with Crippen molar-refractivity contribution in [3.05, 3.63) is 83.4 Å². The molecule has 2 aromatic heterocycles. The average Bonchev–Trinajstić information content (AvgIpc) is 3.33. The Bertz CT molecular complexity index is 1150. The number of amides is 3. The standard InChI is InChI=1S/C25H27N5O3/c1-18-14-21(28-27-18)17-29(2)22(31)15-25(19-8-4-3-5-9-19)16-23(32)30(24(25)33)13-11-20-10-6-7-12-26-20/h3-10,12,14H,11,13,15-17H2,1-2H3,(H,27,28)/t25-/m0/s1. The van der Waals surface area contributed by atoms with Crippen molar-refractivity contribution in [1.82, 2.24) is 25.0 Å². The molecule has 0 unspecified atom stereocenters. The van der Waals surface area contributed by atoms with Gasteiger partial charge in [-0.3, -0.25) is 29.4 Å². The lowest BCUT2D eigenvalue weighted by atomic mass is 9.75. The number of aromatic nitrogens is 3. The maximum atomic E-state index is 13.7. The smallest absolute Gasteiger partial charge is 0.240 e. The van der Waals surface area contributed by atoms with Gasteiger partial charge in [-0.2, -0.15) is 5.10 Å². The van der Waals surface area contributed by atoms with Crippen molar-refractivity contribution in [3.63, 3.8) is 0 Å². The fraction of sp³-hybridized carbons (Fsp3) is 0.320. The van der Waals surface area contributed by atoms with Gasteiger partial charge in [0.15, 0.2) is 0 Å². The van der Waals surface area contributed by atoms with Gasteiger partial charge in [-0.15, -0.1) is 0 Å². The normalized spacial score (nSPS) is 18.1. The van der Waals surface area contributed by atoms with Gasteiger partial charge in [0.05, 0.1) is 17.7 Å². The zero-order valence-corrected chi connectivity index (χ0v) is 18.8. The summed E-state index contributed by atoms with van der Waals surface area (Å²) in [6, 6.07) is 16.6. The molecule has 8 heteroatoms. The molecule has 1 aromatic carbocycles. The van der Waals surface area contributed by atoms with Gasteiger partial charge in [-0.1, -0.05) is 36.4 Å². The Hall–Kier alpha value is -3.81. The van der Waals surface area contributed by atoms with E-state index in [0.717, 1.165) is 17.1 Å². The Balaban J connectivity index is 1.56. The van der Waals surface area contributed by atoms with Gasteiger partial charge in [-0.25, -0.2) is 0 Å². The van der Waals surface area contributed by atoms with Crippen LogP contribution in [0.25, 0.3) is 0 Å². The minimum absolute atomic E-state index is 0.0286. The molecule has 0 saturated carbocycles. The second-order valence-electron chi connectivity index (χ2n) is 8.52. The second-order valence-corrected chi connectivity index (χ2v) is 8.52. The van der Waals surface area contributed by atoms with Crippen LogP contribution < -0.4 is 0 Å². The average molecular weight is 446 g/mol. The summed E-state index contributed by atoms with van der Waals surface area (Å²) in [4.78, 5) is 47.0. The Kier molecular flexibility index (Phi) is 6.35. The van der Waals surface area contributed by atoms with Crippen molar-refractivity contribution in [1.29, 1.82) is 0 Å². The van der Waals surface area contributed by atoms with Crippen LogP contribution in [0.1, 0.15) is 35.5 Å². The molecule has 3 amide bonds. The minimum atomic E-state index is -1.21. The van der Waals surface area contributed by atoms with Crippen LogP contribution in [0.5, 0.6) is 0 Å². The maximum absolute atomic E-state index is 13.7. The lowest BCUT2D eigenvalue weighted by Gasteiger charge is -2.29. The first kappa shape index (κ1) is 22.4. The number of rotatable bonds is 8. The number of hydrogen-bond acceptors (Lipinski definition) is 5. The molecule has 0 bridgehead atoms. The predicted molar refractivity (Wildman–Crippen MR) is 122 cm³/mol. The first-order valence-corrected chi connectivity index (χ1v) is 10.9. The zero-order valence-electron chi connectivity index (χ0n) is 18.8. The highest BCUT2D eigenvalue weighted by atomic mass is 16.2. The number of nitrogens with zero attached hydrogens (tertiary/aromatic N) is 4.